The monoisotopic (exact) mass is 373 g/mol. The predicted octanol–water partition coefficient (Wildman–Crippen LogP) is 1.35. The Kier molecular flexibility index (Phi) is 5.13. The van der Waals surface area contributed by atoms with Crippen LogP contribution in [-0.4, -0.2) is 43.7 Å². The van der Waals surface area contributed by atoms with Gasteiger partial charge in [-0.05, 0) is 35.2 Å². The highest BCUT2D eigenvalue weighted by atomic mass is 32.2. The minimum atomic E-state index is -3.50. The fraction of sp³-hybridized carbons (Fsp3) is 0.316. The van der Waals surface area contributed by atoms with E-state index in [2.05, 4.69) is 0 Å². The number of rotatable bonds is 5. The fourth-order valence-electron chi connectivity index (χ4n) is 3.27. The summed E-state index contributed by atoms with van der Waals surface area (Å²) in [6.07, 6.45) is 0.571. The summed E-state index contributed by atoms with van der Waals surface area (Å²) >= 11 is 0. The van der Waals surface area contributed by atoms with Gasteiger partial charge in [0.05, 0.1) is 10.9 Å². The smallest absolute Gasteiger partial charge is 0.242 e. The molecule has 0 spiro atoms. The number of sulfonamides is 1. The number of benzene rings is 2. The van der Waals surface area contributed by atoms with Gasteiger partial charge in [0, 0.05) is 27.2 Å². The Bertz CT molecular complexity index is 925. The van der Waals surface area contributed by atoms with Gasteiger partial charge in [0.25, 0.3) is 0 Å². The van der Waals surface area contributed by atoms with Crippen molar-refractivity contribution in [1.82, 2.24) is 9.21 Å². The Balaban J connectivity index is 1.89. The van der Waals surface area contributed by atoms with Gasteiger partial charge >= 0.3 is 0 Å². The molecule has 1 aliphatic heterocycles. The number of carbonyl (C=O) groups excluding carboxylic acids is 1. The lowest BCUT2D eigenvalue weighted by Gasteiger charge is -2.35. The molecule has 0 fully saturated rings. The van der Waals surface area contributed by atoms with Crippen LogP contribution in [0.5, 0.6) is 0 Å². The molecule has 2 N–H and O–H groups in total. The highest BCUT2D eigenvalue weighted by Gasteiger charge is 2.30. The van der Waals surface area contributed by atoms with Gasteiger partial charge in [-0.25, -0.2) is 12.7 Å². The maximum absolute atomic E-state index is 12.4. The lowest BCUT2D eigenvalue weighted by molar-refractivity contribution is -0.124. The van der Waals surface area contributed by atoms with Crippen LogP contribution in [0.1, 0.15) is 16.7 Å². The summed E-state index contributed by atoms with van der Waals surface area (Å²) in [5.41, 5.74) is 8.76. The molecule has 0 aliphatic carbocycles. The summed E-state index contributed by atoms with van der Waals surface area (Å²) in [5, 5.41) is 0. The molecule has 2 aromatic rings. The van der Waals surface area contributed by atoms with E-state index < -0.39 is 16.1 Å². The van der Waals surface area contributed by atoms with E-state index in [1.165, 1.54) is 24.0 Å². The van der Waals surface area contributed by atoms with Crippen molar-refractivity contribution in [2.24, 2.45) is 5.73 Å². The number of carbonyl (C=O) groups is 1. The minimum absolute atomic E-state index is 0.244. The summed E-state index contributed by atoms with van der Waals surface area (Å²) in [5.74, 6) is -0.364. The van der Waals surface area contributed by atoms with Crippen LogP contribution in [0, 0.1) is 0 Å². The third-order valence-electron chi connectivity index (χ3n) is 4.74. The summed E-state index contributed by atoms with van der Waals surface area (Å²) in [4.78, 5) is 14.2. The molecule has 1 heterocycles. The first kappa shape index (κ1) is 18.6. The Morgan fingerprint density at radius 3 is 2.50 bits per heavy atom. The highest BCUT2D eigenvalue weighted by Crippen LogP contribution is 2.25. The van der Waals surface area contributed by atoms with Gasteiger partial charge in [-0.1, -0.05) is 36.4 Å². The van der Waals surface area contributed by atoms with Crippen molar-refractivity contribution in [2.75, 3.05) is 14.1 Å². The zero-order chi connectivity index (χ0) is 18.9. The number of nitrogens with two attached hydrogens (primary N) is 1. The number of hydrogen-bond acceptors (Lipinski definition) is 4. The van der Waals surface area contributed by atoms with E-state index in [0.29, 0.717) is 19.5 Å². The number of nitrogens with zero attached hydrogens (tertiary/aromatic N) is 2. The number of primary amides is 1. The quantitative estimate of drug-likeness (QED) is 0.857. The lowest BCUT2D eigenvalue weighted by Crippen LogP contribution is -2.48. The van der Waals surface area contributed by atoms with Crippen LogP contribution in [0.15, 0.2) is 53.4 Å². The molecule has 0 unspecified atom stereocenters. The van der Waals surface area contributed by atoms with Crippen LogP contribution in [-0.2, 0) is 34.3 Å². The number of hydrogen-bond donors (Lipinski definition) is 1. The molecule has 2 aromatic carbocycles. The molecule has 1 aliphatic rings. The van der Waals surface area contributed by atoms with Crippen LogP contribution < -0.4 is 5.73 Å². The molecule has 6 nitrogen and oxygen atoms in total. The van der Waals surface area contributed by atoms with E-state index in [1.54, 1.807) is 18.2 Å². The molecule has 0 saturated heterocycles. The van der Waals surface area contributed by atoms with Crippen LogP contribution in [0.25, 0.3) is 0 Å². The van der Waals surface area contributed by atoms with Crippen LogP contribution in [0.2, 0.25) is 0 Å². The molecule has 3 rings (SSSR count). The first-order chi connectivity index (χ1) is 12.3. The van der Waals surface area contributed by atoms with E-state index in [-0.39, 0.29) is 10.8 Å². The van der Waals surface area contributed by atoms with Gasteiger partial charge in [-0.2, -0.15) is 0 Å². The minimum Gasteiger partial charge on any atom is -0.368 e. The maximum Gasteiger partial charge on any atom is 0.242 e. The molecule has 1 amide bonds. The molecule has 26 heavy (non-hydrogen) atoms. The Morgan fingerprint density at radius 1 is 1.15 bits per heavy atom. The standard InChI is InChI=1S/C19H23N3O3S/c1-21(2)26(24,25)17-9-5-6-14(10-17)12-22-13-16-8-4-3-7-15(16)11-18(22)19(20)23/h3-10,18H,11-13H2,1-2H3,(H2,20,23)/t18-/m0/s1. The predicted molar refractivity (Wildman–Crippen MR) is 99.7 cm³/mol. The van der Waals surface area contributed by atoms with Crippen molar-refractivity contribution in [1.29, 1.82) is 0 Å². The van der Waals surface area contributed by atoms with E-state index in [4.69, 9.17) is 5.73 Å². The largest absolute Gasteiger partial charge is 0.368 e. The maximum atomic E-state index is 12.4. The topological polar surface area (TPSA) is 83.7 Å². The van der Waals surface area contributed by atoms with Crippen molar-refractivity contribution in [3.05, 3.63) is 65.2 Å². The third-order valence-corrected chi connectivity index (χ3v) is 6.55. The Labute approximate surface area is 154 Å². The summed E-state index contributed by atoms with van der Waals surface area (Å²) in [7, 11) is -0.482. The first-order valence-electron chi connectivity index (χ1n) is 8.40. The molecule has 0 radical (unpaired) electrons. The van der Waals surface area contributed by atoms with Crippen molar-refractivity contribution < 1.29 is 13.2 Å². The molecule has 0 saturated carbocycles. The average Bonchev–Trinajstić information content (AvgIpc) is 2.61. The van der Waals surface area contributed by atoms with Crippen molar-refractivity contribution in [2.45, 2.75) is 30.4 Å². The lowest BCUT2D eigenvalue weighted by atomic mass is 9.93. The number of fused-ring (bicyclic) bond motifs is 1. The van der Waals surface area contributed by atoms with Gasteiger partial charge in [0.15, 0.2) is 0 Å². The van der Waals surface area contributed by atoms with Gasteiger partial charge in [0.2, 0.25) is 15.9 Å². The molecule has 0 aromatic heterocycles. The molecule has 7 heteroatoms. The van der Waals surface area contributed by atoms with Crippen molar-refractivity contribution in [3.8, 4) is 0 Å². The van der Waals surface area contributed by atoms with Crippen LogP contribution in [0.4, 0.5) is 0 Å². The van der Waals surface area contributed by atoms with Gasteiger partial charge in [-0.15, -0.1) is 0 Å². The van der Waals surface area contributed by atoms with Crippen LogP contribution >= 0.6 is 0 Å². The van der Waals surface area contributed by atoms with E-state index in [1.807, 2.05) is 35.2 Å². The zero-order valence-corrected chi connectivity index (χ0v) is 15.7. The molecular formula is C19H23N3O3S. The van der Waals surface area contributed by atoms with E-state index in [9.17, 15) is 13.2 Å². The van der Waals surface area contributed by atoms with Crippen molar-refractivity contribution >= 4 is 15.9 Å². The van der Waals surface area contributed by atoms with Crippen LogP contribution in [0.3, 0.4) is 0 Å². The fourth-order valence-corrected chi connectivity index (χ4v) is 4.25. The summed E-state index contributed by atoms with van der Waals surface area (Å²) in [6, 6.07) is 14.4. The molecule has 1 atom stereocenters. The normalized spacial score (nSPS) is 17.9. The van der Waals surface area contributed by atoms with Gasteiger partial charge < -0.3 is 5.73 Å². The second kappa shape index (κ2) is 7.19. The van der Waals surface area contributed by atoms with Gasteiger partial charge in [0.1, 0.15) is 0 Å². The second-order valence-corrected chi connectivity index (χ2v) is 8.88. The summed E-state index contributed by atoms with van der Waals surface area (Å²) < 4.78 is 25.9. The molecular weight excluding hydrogens is 350 g/mol. The first-order valence-corrected chi connectivity index (χ1v) is 9.84. The summed E-state index contributed by atoms with van der Waals surface area (Å²) in [6.45, 7) is 1.06. The molecule has 138 valence electrons. The Hall–Kier alpha value is -2.22. The molecule has 0 bridgehead atoms. The van der Waals surface area contributed by atoms with E-state index in [0.717, 1.165) is 11.1 Å². The number of amides is 1. The second-order valence-electron chi connectivity index (χ2n) is 6.73. The SMILES string of the molecule is CN(C)S(=O)(=O)c1cccc(CN2Cc3ccccc3C[C@H]2C(N)=O)c1. The third kappa shape index (κ3) is 3.65. The van der Waals surface area contributed by atoms with Crippen molar-refractivity contribution in [3.63, 3.8) is 0 Å². The average molecular weight is 373 g/mol. The highest BCUT2D eigenvalue weighted by molar-refractivity contribution is 7.89. The zero-order valence-electron chi connectivity index (χ0n) is 14.9. The van der Waals surface area contributed by atoms with E-state index >= 15 is 0 Å². The Morgan fingerprint density at radius 2 is 1.85 bits per heavy atom. The van der Waals surface area contributed by atoms with Gasteiger partial charge in [-0.3, -0.25) is 9.69 Å².